The largest absolute Gasteiger partial charge is 0.395 e. The second-order valence-electron chi connectivity index (χ2n) is 2.89. The minimum Gasteiger partial charge on any atom is -0.395 e. The Bertz CT molecular complexity index is 137. The number of rotatable bonds is 1. The molecule has 0 aromatic rings. The predicted molar refractivity (Wildman–Crippen MR) is 73.3 cm³/mol. The van der Waals surface area contributed by atoms with Crippen molar-refractivity contribution in [2.24, 2.45) is 17.0 Å². The zero-order valence-electron chi connectivity index (χ0n) is 10.2. The molecule has 0 spiro atoms. The lowest BCUT2D eigenvalue weighted by Crippen LogP contribution is -2.28. The molecular weight excluding hydrogens is 289 g/mol. The third kappa shape index (κ3) is 6.62. The van der Waals surface area contributed by atoms with Crippen LogP contribution in [0, 0.1) is 11.8 Å². The molecule has 0 aromatic heterocycles. The first-order valence-electron chi connectivity index (χ1n) is 5.51. The topological polar surface area (TPSA) is 21.6 Å². The number of hydrogen-bond acceptors (Lipinski definition) is 2. The minimum atomic E-state index is 0.592. The molecule has 1 heterocycles. The molecule has 0 N–H and O–H groups in total. The lowest BCUT2D eigenvalue weighted by molar-refractivity contribution is 0.123. The summed E-state index contributed by atoms with van der Waals surface area (Å²) in [7, 11) is 0. The fraction of sp³-hybridized carbons (Fsp3) is 0.909. The Hall–Kier alpha value is 0.200. The van der Waals surface area contributed by atoms with Crippen molar-refractivity contribution in [3.63, 3.8) is 0 Å². The average molecular weight is 313 g/mol. The monoisotopic (exact) mass is 313 g/mol. The summed E-state index contributed by atoms with van der Waals surface area (Å²) < 4.78 is 0.593. The van der Waals surface area contributed by atoms with Gasteiger partial charge in [0.15, 0.2) is 0 Å². The number of hydrogen-bond donors (Lipinski definition) is 0. The molecule has 1 aliphatic heterocycles. The first kappa shape index (κ1) is 16.6. The zero-order chi connectivity index (χ0) is 11.6. The van der Waals surface area contributed by atoms with Gasteiger partial charge in [-0.15, -0.1) is 0 Å². The van der Waals surface area contributed by atoms with Gasteiger partial charge in [-0.05, 0) is 5.92 Å². The van der Waals surface area contributed by atoms with Crippen LogP contribution < -0.4 is 0 Å². The SMILES string of the molecule is CC.CC.CC(C)C1C=NOCC1I. The van der Waals surface area contributed by atoms with Gasteiger partial charge in [0.25, 0.3) is 0 Å². The first-order valence-corrected chi connectivity index (χ1v) is 6.76. The molecule has 86 valence electrons. The van der Waals surface area contributed by atoms with E-state index in [1.807, 2.05) is 33.9 Å². The maximum absolute atomic E-state index is 4.92. The minimum absolute atomic E-state index is 0.592. The highest BCUT2D eigenvalue weighted by Crippen LogP contribution is 2.23. The molecule has 14 heavy (non-hydrogen) atoms. The Morgan fingerprint density at radius 2 is 1.79 bits per heavy atom. The van der Waals surface area contributed by atoms with E-state index in [1.54, 1.807) is 0 Å². The highest BCUT2D eigenvalue weighted by Gasteiger charge is 2.23. The van der Waals surface area contributed by atoms with E-state index in [2.05, 4.69) is 41.6 Å². The molecule has 0 bridgehead atoms. The van der Waals surface area contributed by atoms with E-state index in [0.717, 1.165) is 6.61 Å². The van der Waals surface area contributed by atoms with Crippen molar-refractivity contribution in [2.75, 3.05) is 6.61 Å². The van der Waals surface area contributed by atoms with Crippen molar-refractivity contribution in [2.45, 2.75) is 45.5 Å². The van der Waals surface area contributed by atoms with E-state index in [0.29, 0.717) is 15.8 Å². The summed E-state index contributed by atoms with van der Waals surface area (Å²) in [5.41, 5.74) is 0. The summed E-state index contributed by atoms with van der Waals surface area (Å²) in [6.45, 7) is 13.2. The molecule has 0 aromatic carbocycles. The van der Waals surface area contributed by atoms with Gasteiger partial charge in [0.1, 0.15) is 6.61 Å². The second kappa shape index (κ2) is 11.3. The van der Waals surface area contributed by atoms with Gasteiger partial charge in [0.2, 0.25) is 0 Å². The van der Waals surface area contributed by atoms with E-state index < -0.39 is 0 Å². The number of nitrogens with zero attached hydrogens (tertiary/aromatic N) is 1. The molecule has 1 rings (SSSR count). The molecule has 0 amide bonds. The van der Waals surface area contributed by atoms with Crippen LogP contribution in [-0.4, -0.2) is 16.7 Å². The van der Waals surface area contributed by atoms with Crippen LogP contribution in [0.5, 0.6) is 0 Å². The van der Waals surface area contributed by atoms with Gasteiger partial charge in [-0.25, -0.2) is 0 Å². The van der Waals surface area contributed by atoms with E-state index in [9.17, 15) is 0 Å². The fourth-order valence-corrected chi connectivity index (χ4v) is 2.20. The van der Waals surface area contributed by atoms with Crippen molar-refractivity contribution in [3.8, 4) is 0 Å². The molecule has 0 saturated heterocycles. The third-order valence-electron chi connectivity index (χ3n) is 1.73. The highest BCUT2D eigenvalue weighted by molar-refractivity contribution is 14.1. The standard InChI is InChI=1S/C7H12INO.2C2H6/c1-5(2)6-3-9-10-4-7(6)8;2*1-2/h3,5-7H,4H2,1-2H3;2*1-2H3. The molecule has 0 radical (unpaired) electrons. The summed E-state index contributed by atoms with van der Waals surface area (Å²) in [5.74, 6) is 1.27. The Labute approximate surface area is 103 Å². The van der Waals surface area contributed by atoms with Crippen molar-refractivity contribution >= 4 is 28.8 Å². The molecule has 3 heteroatoms. The normalized spacial score (nSPS) is 24.0. The van der Waals surface area contributed by atoms with Crippen molar-refractivity contribution < 1.29 is 4.84 Å². The fourth-order valence-electron chi connectivity index (χ4n) is 1.02. The average Bonchev–Trinajstić information content (AvgIpc) is 2.24. The summed E-state index contributed by atoms with van der Waals surface area (Å²) in [6, 6.07) is 0. The van der Waals surface area contributed by atoms with Gasteiger partial charge >= 0.3 is 0 Å². The van der Waals surface area contributed by atoms with Crippen LogP contribution in [0.1, 0.15) is 41.5 Å². The lowest BCUT2D eigenvalue weighted by Gasteiger charge is -2.24. The van der Waals surface area contributed by atoms with Crippen molar-refractivity contribution in [1.29, 1.82) is 0 Å². The van der Waals surface area contributed by atoms with E-state index in [1.165, 1.54) is 0 Å². The van der Waals surface area contributed by atoms with Gasteiger partial charge in [-0.3, -0.25) is 0 Å². The third-order valence-corrected chi connectivity index (χ3v) is 2.92. The Morgan fingerprint density at radius 1 is 1.29 bits per heavy atom. The van der Waals surface area contributed by atoms with Gasteiger partial charge in [-0.2, -0.15) is 0 Å². The highest BCUT2D eigenvalue weighted by atomic mass is 127. The maximum atomic E-state index is 4.92. The molecule has 2 nitrogen and oxygen atoms in total. The number of halogens is 1. The summed E-state index contributed by atoms with van der Waals surface area (Å²) >= 11 is 2.42. The molecule has 2 unspecified atom stereocenters. The van der Waals surface area contributed by atoms with E-state index in [-0.39, 0.29) is 0 Å². The summed E-state index contributed by atoms with van der Waals surface area (Å²) in [4.78, 5) is 4.92. The van der Waals surface area contributed by atoms with Crippen molar-refractivity contribution in [1.82, 2.24) is 0 Å². The molecule has 2 atom stereocenters. The smallest absolute Gasteiger partial charge is 0.129 e. The Morgan fingerprint density at radius 3 is 2.07 bits per heavy atom. The lowest BCUT2D eigenvalue weighted by atomic mass is 9.94. The summed E-state index contributed by atoms with van der Waals surface area (Å²) in [5, 5.41) is 3.80. The Kier molecular flexibility index (Phi) is 13.4. The van der Waals surface area contributed by atoms with E-state index >= 15 is 0 Å². The first-order chi connectivity index (χ1) is 6.72. The van der Waals surface area contributed by atoms with Crippen LogP contribution in [0.25, 0.3) is 0 Å². The van der Waals surface area contributed by atoms with Gasteiger partial charge in [0, 0.05) is 12.1 Å². The van der Waals surface area contributed by atoms with Gasteiger partial charge in [0.05, 0.1) is 3.92 Å². The zero-order valence-corrected chi connectivity index (χ0v) is 12.4. The van der Waals surface area contributed by atoms with Crippen LogP contribution >= 0.6 is 22.6 Å². The molecule has 0 saturated carbocycles. The van der Waals surface area contributed by atoms with Crippen LogP contribution in [0.3, 0.4) is 0 Å². The molecule has 0 fully saturated rings. The Balaban J connectivity index is 0. The van der Waals surface area contributed by atoms with Crippen LogP contribution in [0.2, 0.25) is 0 Å². The number of alkyl halides is 1. The molecular formula is C11H24INO. The van der Waals surface area contributed by atoms with Crippen molar-refractivity contribution in [3.05, 3.63) is 0 Å². The van der Waals surface area contributed by atoms with Gasteiger partial charge in [-0.1, -0.05) is 69.3 Å². The molecule has 0 aliphatic carbocycles. The van der Waals surface area contributed by atoms with Crippen LogP contribution in [-0.2, 0) is 4.84 Å². The van der Waals surface area contributed by atoms with Gasteiger partial charge < -0.3 is 4.84 Å². The molecule has 1 aliphatic rings. The second-order valence-corrected chi connectivity index (χ2v) is 4.49. The predicted octanol–water partition coefficient (Wildman–Crippen LogP) is 4.13. The summed E-state index contributed by atoms with van der Waals surface area (Å²) in [6.07, 6.45) is 1.92. The van der Waals surface area contributed by atoms with E-state index in [4.69, 9.17) is 4.84 Å². The van der Waals surface area contributed by atoms with Crippen LogP contribution in [0.15, 0.2) is 5.16 Å². The quantitative estimate of drug-likeness (QED) is 0.527. The maximum Gasteiger partial charge on any atom is 0.129 e. The number of oxime groups is 1. The van der Waals surface area contributed by atoms with Crippen LogP contribution in [0.4, 0.5) is 0 Å².